The van der Waals surface area contributed by atoms with E-state index in [-0.39, 0.29) is 25.1 Å². The Morgan fingerprint density at radius 3 is 2.38 bits per heavy atom. The van der Waals surface area contributed by atoms with Crippen molar-refractivity contribution in [2.24, 2.45) is 0 Å². The van der Waals surface area contributed by atoms with E-state index in [1.165, 1.54) is 6.92 Å². The fourth-order valence-electron chi connectivity index (χ4n) is 4.82. The second-order valence-corrected chi connectivity index (χ2v) is 10.8. The molecule has 8 unspecified atom stereocenters. The van der Waals surface area contributed by atoms with Crippen LogP contribution in [0.2, 0.25) is 0 Å². The Bertz CT molecular complexity index is 765. The summed E-state index contributed by atoms with van der Waals surface area (Å²) in [6.07, 6.45) is 0.463. The van der Waals surface area contributed by atoms with Gasteiger partial charge < -0.3 is 45.4 Å². The lowest BCUT2D eigenvalue weighted by molar-refractivity contribution is -0.270. The van der Waals surface area contributed by atoms with Gasteiger partial charge in [-0.25, -0.2) is 0 Å². The molecule has 2 amide bonds. The van der Waals surface area contributed by atoms with E-state index in [0.717, 1.165) is 51.6 Å². The highest BCUT2D eigenvalue weighted by Gasteiger charge is 2.45. The first kappa shape index (κ1) is 33.9. The van der Waals surface area contributed by atoms with Crippen LogP contribution in [0.1, 0.15) is 58.3 Å². The van der Waals surface area contributed by atoms with Crippen molar-refractivity contribution in [2.75, 3.05) is 39.5 Å². The smallest absolute Gasteiger partial charge is 0.394 e. The van der Waals surface area contributed by atoms with Crippen molar-refractivity contribution in [1.29, 1.82) is 0 Å². The zero-order chi connectivity index (χ0) is 28.8. The van der Waals surface area contributed by atoms with Crippen molar-refractivity contribution < 1.29 is 53.5 Å². The van der Waals surface area contributed by atoms with Crippen molar-refractivity contribution in [3.8, 4) is 0 Å². The molecule has 0 aromatic rings. The maximum absolute atomic E-state index is 12.5. The lowest BCUT2D eigenvalue weighted by Crippen LogP contribution is -2.64. The van der Waals surface area contributed by atoms with Crippen molar-refractivity contribution in [3.05, 3.63) is 0 Å². The predicted molar refractivity (Wildman–Crippen MR) is 138 cm³/mol. The van der Waals surface area contributed by atoms with Crippen LogP contribution >= 0.6 is 8.25 Å². The molecule has 39 heavy (non-hydrogen) atoms. The predicted octanol–water partition coefficient (Wildman–Crippen LogP) is -1.10. The van der Waals surface area contributed by atoms with Gasteiger partial charge in [0.1, 0.15) is 31.0 Å². The van der Waals surface area contributed by atoms with Gasteiger partial charge in [0.25, 0.3) is 0 Å². The summed E-state index contributed by atoms with van der Waals surface area (Å²) in [7, 11) is -2.73. The van der Waals surface area contributed by atoms with Crippen molar-refractivity contribution in [1.82, 2.24) is 15.5 Å². The Kier molecular flexibility index (Phi) is 15.8. The summed E-state index contributed by atoms with van der Waals surface area (Å²) in [5, 5.41) is 45.4. The van der Waals surface area contributed by atoms with Crippen LogP contribution in [0.4, 0.5) is 0 Å². The van der Waals surface area contributed by atoms with Gasteiger partial charge in [0.15, 0.2) is 6.29 Å². The second-order valence-electron chi connectivity index (χ2n) is 10.0. The van der Waals surface area contributed by atoms with E-state index in [2.05, 4.69) is 10.6 Å². The van der Waals surface area contributed by atoms with Crippen LogP contribution in [0.3, 0.4) is 0 Å². The minimum atomic E-state index is -2.73. The van der Waals surface area contributed by atoms with Crippen LogP contribution in [0, 0.1) is 0 Å². The molecular formula is C24H45N3O11P+. The lowest BCUT2D eigenvalue weighted by Gasteiger charge is -2.42. The van der Waals surface area contributed by atoms with Crippen LogP contribution in [-0.2, 0) is 28.2 Å². The normalized spacial score (nSPS) is 29.4. The van der Waals surface area contributed by atoms with Crippen LogP contribution in [0.15, 0.2) is 0 Å². The molecule has 2 aliphatic rings. The molecule has 2 saturated heterocycles. The molecule has 2 rings (SSSR count). The number of aliphatic hydroxyl groups is 4. The van der Waals surface area contributed by atoms with Gasteiger partial charge in [-0.2, -0.15) is 0 Å². The average molecular weight is 583 g/mol. The molecule has 2 aliphatic heterocycles. The zero-order valence-electron chi connectivity index (χ0n) is 22.5. The minimum absolute atomic E-state index is 0.0616. The number of carbonyl (C=O) groups excluding carboxylic acids is 2. The molecule has 0 aromatic heterocycles. The van der Waals surface area contributed by atoms with Crippen molar-refractivity contribution in [3.63, 3.8) is 0 Å². The summed E-state index contributed by atoms with van der Waals surface area (Å²) >= 11 is 0. The summed E-state index contributed by atoms with van der Waals surface area (Å²) in [5.74, 6) is -0.476. The fourth-order valence-corrected chi connectivity index (χ4v) is 5.12. The largest absolute Gasteiger partial charge is 0.694 e. The van der Waals surface area contributed by atoms with Gasteiger partial charge in [-0.05, 0) is 51.6 Å². The summed E-state index contributed by atoms with van der Waals surface area (Å²) < 4.78 is 26.7. The van der Waals surface area contributed by atoms with Gasteiger partial charge >= 0.3 is 8.25 Å². The SMILES string of the molecule is CC(=O)NC1C(OCCCCCNCCCCCC(=O)N2CC(O)CC2CO[P+](=O)O)OC(CO)C(O)C1O. The Hall–Kier alpha value is -1.32. The minimum Gasteiger partial charge on any atom is -0.394 e. The van der Waals surface area contributed by atoms with Crippen LogP contribution < -0.4 is 10.6 Å². The standard InChI is InChI=1S/C24H44N3O11P/c1-16(29)26-21-23(33)22(32)19(14-28)38-24(21)36-11-7-3-6-10-25-9-5-2-4-8-20(31)27-13-18(30)12-17(27)15-37-39(34)35/h17-19,21-25,28,30,32-33H,2-15H2,1H3,(H-,26,29,34,35)/p+1. The van der Waals surface area contributed by atoms with Gasteiger partial charge in [0.05, 0.1) is 18.8 Å². The van der Waals surface area contributed by atoms with Crippen molar-refractivity contribution >= 4 is 20.1 Å². The number of nitrogens with zero attached hydrogens (tertiary/aromatic N) is 1. The quantitative estimate of drug-likeness (QED) is 0.0759. The molecule has 14 nitrogen and oxygen atoms in total. The van der Waals surface area contributed by atoms with Gasteiger partial charge in [0, 0.05) is 31.1 Å². The van der Waals surface area contributed by atoms with E-state index in [4.69, 9.17) is 18.9 Å². The molecule has 0 bridgehead atoms. The number of β-amino-alcohol motifs (C(OH)–C–C–N with tert-alkyl or cyclic N) is 1. The van der Waals surface area contributed by atoms with Gasteiger partial charge in [-0.1, -0.05) is 6.42 Å². The van der Waals surface area contributed by atoms with E-state index >= 15 is 0 Å². The Balaban J connectivity index is 1.50. The topological polar surface area (TPSA) is 207 Å². The lowest BCUT2D eigenvalue weighted by atomic mass is 9.97. The van der Waals surface area contributed by atoms with Crippen LogP contribution in [-0.4, -0.2) is 124 Å². The number of hydrogen-bond acceptors (Lipinski definition) is 11. The Labute approximate surface area is 229 Å². The van der Waals surface area contributed by atoms with E-state index in [1.54, 1.807) is 4.90 Å². The molecular weight excluding hydrogens is 537 g/mol. The molecule has 0 aliphatic carbocycles. The molecule has 0 radical (unpaired) electrons. The molecule has 7 N–H and O–H groups in total. The van der Waals surface area contributed by atoms with Gasteiger partial charge in [-0.3, -0.25) is 9.59 Å². The van der Waals surface area contributed by atoms with E-state index in [0.29, 0.717) is 19.4 Å². The summed E-state index contributed by atoms with van der Waals surface area (Å²) in [5.41, 5.74) is 0. The number of rotatable bonds is 18. The first-order valence-corrected chi connectivity index (χ1v) is 14.8. The van der Waals surface area contributed by atoms with Crippen molar-refractivity contribution in [2.45, 2.75) is 101 Å². The Morgan fingerprint density at radius 2 is 1.74 bits per heavy atom. The zero-order valence-corrected chi connectivity index (χ0v) is 23.4. The summed E-state index contributed by atoms with van der Waals surface area (Å²) in [6, 6.07) is -1.32. The third-order valence-corrected chi connectivity index (χ3v) is 7.24. The molecule has 2 heterocycles. The number of amides is 2. The molecule has 0 aromatic carbocycles. The average Bonchev–Trinajstić information content (AvgIpc) is 3.27. The highest BCUT2D eigenvalue weighted by Crippen LogP contribution is 2.24. The first-order chi connectivity index (χ1) is 18.6. The number of carbonyl (C=O) groups is 2. The monoisotopic (exact) mass is 582 g/mol. The number of nitrogens with one attached hydrogen (secondary N) is 2. The van der Waals surface area contributed by atoms with E-state index in [1.807, 2.05) is 0 Å². The second kappa shape index (κ2) is 18.2. The van der Waals surface area contributed by atoms with Crippen LogP contribution in [0.25, 0.3) is 0 Å². The van der Waals surface area contributed by atoms with E-state index < -0.39 is 57.5 Å². The van der Waals surface area contributed by atoms with Gasteiger partial charge in [-0.15, -0.1) is 9.42 Å². The Morgan fingerprint density at radius 1 is 1.05 bits per heavy atom. The third-order valence-electron chi connectivity index (χ3n) is 6.87. The third kappa shape index (κ3) is 12.0. The molecule has 226 valence electrons. The molecule has 2 fully saturated rings. The van der Waals surface area contributed by atoms with E-state index in [9.17, 15) is 34.6 Å². The maximum Gasteiger partial charge on any atom is 0.694 e. The maximum atomic E-state index is 12.5. The number of unbranched alkanes of at least 4 members (excludes halogenated alkanes) is 4. The molecule has 15 heteroatoms. The highest BCUT2D eigenvalue weighted by atomic mass is 31.1. The van der Waals surface area contributed by atoms with Crippen LogP contribution in [0.5, 0.6) is 0 Å². The number of hydrogen-bond donors (Lipinski definition) is 7. The molecule has 0 spiro atoms. The first-order valence-electron chi connectivity index (χ1n) is 13.6. The number of aliphatic hydroxyl groups excluding tert-OH is 4. The molecule has 0 saturated carbocycles. The summed E-state index contributed by atoms with van der Waals surface area (Å²) in [4.78, 5) is 34.3. The number of likely N-dealkylation sites (tertiary alicyclic amines) is 1. The fraction of sp³-hybridized carbons (Fsp3) is 0.917. The highest BCUT2D eigenvalue weighted by molar-refractivity contribution is 7.32. The summed E-state index contributed by atoms with van der Waals surface area (Å²) in [6.45, 7) is 2.94. The number of ether oxygens (including phenoxy) is 2. The van der Waals surface area contributed by atoms with Gasteiger partial charge in [0.2, 0.25) is 11.8 Å². The molecule has 8 atom stereocenters.